The number of nitrogens with zero attached hydrogens (tertiary/aromatic N) is 2. The second kappa shape index (κ2) is 4.76. The van der Waals surface area contributed by atoms with Crippen LogP contribution in [-0.4, -0.2) is 22.1 Å². The first-order chi connectivity index (χ1) is 8.18. The number of esters is 1. The van der Waals surface area contributed by atoms with E-state index in [0.29, 0.717) is 6.61 Å². The third-order valence-electron chi connectivity index (χ3n) is 2.71. The summed E-state index contributed by atoms with van der Waals surface area (Å²) in [6.07, 6.45) is 3.36. The summed E-state index contributed by atoms with van der Waals surface area (Å²) < 4.78 is 6.72. The molecule has 1 aliphatic rings. The molecule has 0 aliphatic carbocycles. The quantitative estimate of drug-likeness (QED) is 0.482. The Morgan fingerprint density at radius 2 is 2.35 bits per heavy atom. The van der Waals surface area contributed by atoms with Crippen molar-refractivity contribution in [1.29, 1.82) is 0 Å². The largest absolute Gasteiger partial charge is 0.464 e. The Morgan fingerprint density at radius 1 is 1.53 bits per heavy atom. The van der Waals surface area contributed by atoms with Crippen LogP contribution in [-0.2, 0) is 16.6 Å². The monoisotopic (exact) mass is 228 g/mol. The fourth-order valence-corrected chi connectivity index (χ4v) is 1.48. The standard InChI is InChI=1S/C13H12N2O2/c1-10-11(8-17-13(10)16)5-3-4-6-12-7-14-9-15(12)2/h7,9-11H,8H2,1-2H3/t10-,11-/m0/s1. The highest BCUT2D eigenvalue weighted by Crippen LogP contribution is 2.20. The Morgan fingerprint density at radius 3 is 2.94 bits per heavy atom. The van der Waals surface area contributed by atoms with Gasteiger partial charge in [-0.05, 0) is 17.8 Å². The van der Waals surface area contributed by atoms with Crippen LogP contribution < -0.4 is 0 Å². The predicted octanol–water partition coefficient (Wildman–Crippen LogP) is 0.584. The number of aryl methyl sites for hydroxylation is 1. The zero-order valence-corrected chi connectivity index (χ0v) is 9.73. The number of rotatable bonds is 0. The minimum atomic E-state index is -0.177. The number of hydrogen-bond donors (Lipinski definition) is 0. The Labute approximate surface area is 100.0 Å². The van der Waals surface area contributed by atoms with E-state index in [4.69, 9.17) is 4.74 Å². The first-order valence-corrected chi connectivity index (χ1v) is 5.33. The van der Waals surface area contributed by atoms with Crippen LogP contribution >= 0.6 is 0 Å². The van der Waals surface area contributed by atoms with Gasteiger partial charge in [0.2, 0.25) is 0 Å². The molecule has 4 nitrogen and oxygen atoms in total. The lowest BCUT2D eigenvalue weighted by atomic mass is 9.98. The van der Waals surface area contributed by atoms with E-state index >= 15 is 0 Å². The van der Waals surface area contributed by atoms with Crippen molar-refractivity contribution in [3.63, 3.8) is 0 Å². The van der Waals surface area contributed by atoms with Crippen LogP contribution in [0.5, 0.6) is 0 Å². The first-order valence-electron chi connectivity index (χ1n) is 5.33. The Bertz CT molecular complexity index is 551. The number of carbonyl (C=O) groups excluding carboxylic acids is 1. The van der Waals surface area contributed by atoms with Gasteiger partial charge in [0.25, 0.3) is 0 Å². The molecule has 4 heteroatoms. The van der Waals surface area contributed by atoms with E-state index in [2.05, 4.69) is 28.7 Å². The minimum Gasteiger partial charge on any atom is -0.464 e. The maximum absolute atomic E-state index is 11.1. The van der Waals surface area contributed by atoms with Crippen molar-refractivity contribution in [2.45, 2.75) is 6.92 Å². The summed E-state index contributed by atoms with van der Waals surface area (Å²) in [5.74, 6) is 11.0. The predicted molar refractivity (Wildman–Crippen MR) is 61.5 cm³/mol. The number of aromatic nitrogens is 2. The fraction of sp³-hybridized carbons (Fsp3) is 0.385. The van der Waals surface area contributed by atoms with Crippen LogP contribution in [0.4, 0.5) is 0 Å². The van der Waals surface area contributed by atoms with Gasteiger partial charge in [-0.3, -0.25) is 4.79 Å². The lowest BCUT2D eigenvalue weighted by Gasteiger charge is -1.98. The van der Waals surface area contributed by atoms with Crippen molar-refractivity contribution < 1.29 is 9.53 Å². The van der Waals surface area contributed by atoms with E-state index in [0.717, 1.165) is 5.69 Å². The van der Waals surface area contributed by atoms with Gasteiger partial charge in [0.1, 0.15) is 12.3 Å². The molecule has 0 bridgehead atoms. The first kappa shape index (κ1) is 11.3. The zero-order valence-electron chi connectivity index (χ0n) is 9.73. The van der Waals surface area contributed by atoms with E-state index in [1.54, 1.807) is 12.5 Å². The van der Waals surface area contributed by atoms with Crippen molar-refractivity contribution in [2.24, 2.45) is 18.9 Å². The molecule has 0 N–H and O–H groups in total. The molecule has 1 aromatic heterocycles. The molecule has 2 atom stereocenters. The SMILES string of the molecule is C[C@@H]1C(=O)OC[C@@H]1C#CC#Cc1cncn1C. The molecule has 0 amide bonds. The zero-order chi connectivity index (χ0) is 12.3. The molecule has 0 saturated carbocycles. The molecule has 17 heavy (non-hydrogen) atoms. The van der Waals surface area contributed by atoms with Gasteiger partial charge >= 0.3 is 5.97 Å². The van der Waals surface area contributed by atoms with E-state index in [9.17, 15) is 4.79 Å². The average molecular weight is 228 g/mol. The third-order valence-corrected chi connectivity index (χ3v) is 2.71. The molecule has 0 aromatic carbocycles. The minimum absolute atomic E-state index is 0.0386. The van der Waals surface area contributed by atoms with Gasteiger partial charge in [-0.15, -0.1) is 0 Å². The molecule has 86 valence electrons. The van der Waals surface area contributed by atoms with Crippen molar-refractivity contribution in [3.05, 3.63) is 18.2 Å². The van der Waals surface area contributed by atoms with Crippen LogP contribution in [0.15, 0.2) is 12.5 Å². The van der Waals surface area contributed by atoms with Gasteiger partial charge in [-0.25, -0.2) is 4.98 Å². The maximum atomic E-state index is 11.1. The van der Waals surface area contributed by atoms with E-state index in [1.165, 1.54) is 0 Å². The summed E-state index contributed by atoms with van der Waals surface area (Å²) in [5, 5.41) is 0. The highest BCUT2D eigenvalue weighted by Gasteiger charge is 2.31. The summed E-state index contributed by atoms with van der Waals surface area (Å²) in [4.78, 5) is 15.1. The smallest absolute Gasteiger partial charge is 0.310 e. The second-order valence-corrected chi connectivity index (χ2v) is 3.93. The Kier molecular flexibility index (Phi) is 3.16. The van der Waals surface area contributed by atoms with Gasteiger partial charge in [-0.1, -0.05) is 12.8 Å². The number of ether oxygens (including phenoxy) is 1. The maximum Gasteiger partial charge on any atom is 0.310 e. The molecule has 1 fully saturated rings. The van der Waals surface area contributed by atoms with E-state index in [1.807, 2.05) is 18.5 Å². The molecular weight excluding hydrogens is 216 g/mol. The topological polar surface area (TPSA) is 44.1 Å². The van der Waals surface area contributed by atoms with Crippen molar-refractivity contribution in [1.82, 2.24) is 9.55 Å². The van der Waals surface area contributed by atoms with Crippen LogP contribution in [0.2, 0.25) is 0 Å². The molecule has 1 saturated heterocycles. The van der Waals surface area contributed by atoms with Crippen molar-refractivity contribution in [3.8, 4) is 23.7 Å². The molecule has 0 spiro atoms. The molecule has 1 aromatic rings. The van der Waals surface area contributed by atoms with Gasteiger partial charge < -0.3 is 9.30 Å². The lowest BCUT2D eigenvalue weighted by molar-refractivity contribution is -0.140. The van der Waals surface area contributed by atoms with Gasteiger partial charge in [0.15, 0.2) is 0 Å². The van der Waals surface area contributed by atoms with Gasteiger partial charge in [0, 0.05) is 7.05 Å². The lowest BCUT2D eigenvalue weighted by Crippen LogP contribution is -2.09. The molecule has 2 heterocycles. The molecule has 2 rings (SSSR count). The normalized spacial score (nSPS) is 22.1. The van der Waals surface area contributed by atoms with E-state index < -0.39 is 0 Å². The fourth-order valence-electron chi connectivity index (χ4n) is 1.48. The van der Waals surface area contributed by atoms with Crippen molar-refractivity contribution >= 4 is 5.97 Å². The summed E-state index contributed by atoms with van der Waals surface area (Å²) >= 11 is 0. The number of cyclic esters (lactones) is 1. The van der Waals surface area contributed by atoms with Crippen LogP contribution in [0.3, 0.4) is 0 Å². The van der Waals surface area contributed by atoms with Crippen LogP contribution in [0, 0.1) is 35.5 Å². The van der Waals surface area contributed by atoms with Gasteiger partial charge in [-0.2, -0.15) is 0 Å². The average Bonchev–Trinajstić information content (AvgIpc) is 2.85. The summed E-state index contributed by atoms with van der Waals surface area (Å²) in [6.45, 7) is 2.20. The molecule has 0 unspecified atom stereocenters. The molecular formula is C13H12N2O2. The number of imidazole rings is 1. The number of carbonyl (C=O) groups is 1. The molecule has 0 radical (unpaired) electrons. The Hall–Kier alpha value is -2.20. The number of hydrogen-bond acceptors (Lipinski definition) is 3. The molecule has 1 aliphatic heterocycles. The van der Waals surface area contributed by atoms with Crippen LogP contribution in [0.1, 0.15) is 12.6 Å². The summed E-state index contributed by atoms with van der Waals surface area (Å²) in [5.41, 5.74) is 0.811. The Balaban J connectivity index is 2.02. The van der Waals surface area contributed by atoms with Gasteiger partial charge in [0.05, 0.1) is 24.4 Å². The summed E-state index contributed by atoms with van der Waals surface area (Å²) in [6, 6.07) is 0. The second-order valence-electron chi connectivity index (χ2n) is 3.93. The summed E-state index contributed by atoms with van der Waals surface area (Å²) in [7, 11) is 1.87. The highest BCUT2D eigenvalue weighted by molar-refractivity contribution is 5.75. The van der Waals surface area contributed by atoms with Crippen molar-refractivity contribution in [2.75, 3.05) is 6.61 Å². The van der Waals surface area contributed by atoms with Crippen LogP contribution in [0.25, 0.3) is 0 Å². The highest BCUT2D eigenvalue weighted by atomic mass is 16.5. The third kappa shape index (κ3) is 2.49. The van der Waals surface area contributed by atoms with E-state index in [-0.39, 0.29) is 17.8 Å².